The number of aliphatic hydroxyl groups excluding tert-OH is 1. The summed E-state index contributed by atoms with van der Waals surface area (Å²) >= 11 is 0. The second kappa shape index (κ2) is 7.64. The van der Waals surface area contributed by atoms with Gasteiger partial charge in [-0.15, -0.1) is 5.10 Å². The van der Waals surface area contributed by atoms with Gasteiger partial charge < -0.3 is 15.4 Å². The Morgan fingerprint density at radius 2 is 2.00 bits per heavy atom. The van der Waals surface area contributed by atoms with Crippen LogP contribution in [0.4, 0.5) is 0 Å². The quantitative estimate of drug-likeness (QED) is 0.757. The van der Waals surface area contributed by atoms with Crippen molar-refractivity contribution in [3.63, 3.8) is 0 Å². The third-order valence-corrected chi connectivity index (χ3v) is 5.88. The van der Waals surface area contributed by atoms with Gasteiger partial charge in [0.25, 0.3) is 0 Å². The van der Waals surface area contributed by atoms with E-state index in [1.165, 1.54) is 0 Å². The van der Waals surface area contributed by atoms with Crippen molar-refractivity contribution in [1.29, 1.82) is 0 Å². The smallest absolute Gasteiger partial charge is 0.234 e. The predicted octanol–water partition coefficient (Wildman–Crippen LogP) is 2.40. The zero-order chi connectivity index (χ0) is 20.5. The Kier molecular flexibility index (Phi) is 5.59. The summed E-state index contributed by atoms with van der Waals surface area (Å²) in [4.78, 5) is 13.8. The van der Waals surface area contributed by atoms with E-state index in [-0.39, 0.29) is 11.9 Å². The lowest BCUT2D eigenvalue weighted by Crippen LogP contribution is -2.46. The van der Waals surface area contributed by atoms with Crippen molar-refractivity contribution < 1.29 is 14.4 Å². The first-order valence-electron chi connectivity index (χ1n) is 9.74. The van der Waals surface area contributed by atoms with Crippen LogP contribution >= 0.6 is 0 Å². The lowest BCUT2D eigenvalue weighted by molar-refractivity contribution is -0.123. The highest BCUT2D eigenvalue weighted by Crippen LogP contribution is 2.41. The third kappa shape index (κ3) is 3.82. The van der Waals surface area contributed by atoms with E-state index in [0.29, 0.717) is 18.0 Å². The molecule has 1 unspecified atom stereocenters. The van der Waals surface area contributed by atoms with Gasteiger partial charge in [0.15, 0.2) is 5.76 Å². The van der Waals surface area contributed by atoms with Gasteiger partial charge in [-0.1, -0.05) is 44.2 Å². The van der Waals surface area contributed by atoms with Crippen LogP contribution in [0.15, 0.2) is 34.9 Å². The average molecular weight is 386 g/mol. The molecule has 1 aliphatic rings. The maximum absolute atomic E-state index is 11.7. The minimum absolute atomic E-state index is 0.276. The zero-order valence-corrected chi connectivity index (χ0v) is 17.1. The van der Waals surface area contributed by atoms with Crippen LogP contribution in [0.25, 0.3) is 0 Å². The number of rotatable bonds is 7. The number of carbonyl (C=O) groups excluding carboxylic acids is 1. The van der Waals surface area contributed by atoms with E-state index in [0.717, 1.165) is 24.9 Å². The molecule has 1 fully saturated rings. The number of nitrogens with two attached hydrogens (primary N) is 1. The summed E-state index contributed by atoms with van der Waals surface area (Å²) in [5.41, 5.74) is 5.96. The summed E-state index contributed by atoms with van der Waals surface area (Å²) in [6, 6.07) is 9.66. The van der Waals surface area contributed by atoms with Crippen LogP contribution in [0.2, 0.25) is 0 Å². The average Bonchev–Trinajstić information content (AvgIpc) is 3.31. The van der Waals surface area contributed by atoms with Crippen molar-refractivity contribution in [3.05, 3.63) is 47.3 Å². The van der Waals surface area contributed by atoms with Crippen LogP contribution in [0, 0.1) is 5.41 Å². The number of likely N-dealkylation sites (tertiary alicyclic amines) is 1. The fraction of sp³-hybridized carbons (Fsp3) is 0.571. The first kappa shape index (κ1) is 20.5. The minimum Gasteiger partial charge on any atom is -0.386 e. The van der Waals surface area contributed by atoms with Crippen molar-refractivity contribution >= 4 is 5.91 Å². The molecule has 2 atom stereocenters. The third-order valence-electron chi connectivity index (χ3n) is 5.88. The minimum atomic E-state index is -0.897. The van der Waals surface area contributed by atoms with Gasteiger partial charge in [0.1, 0.15) is 11.8 Å². The lowest BCUT2D eigenvalue weighted by Gasteiger charge is -2.36. The molecule has 0 radical (unpaired) electrons. The van der Waals surface area contributed by atoms with Gasteiger partial charge in [0.05, 0.1) is 11.5 Å². The highest BCUT2D eigenvalue weighted by atomic mass is 16.5. The second-order valence-corrected chi connectivity index (χ2v) is 8.90. The highest BCUT2D eigenvalue weighted by Gasteiger charge is 2.42. The van der Waals surface area contributed by atoms with Crippen molar-refractivity contribution in [2.45, 2.75) is 58.1 Å². The Morgan fingerprint density at radius 3 is 2.64 bits per heavy atom. The fourth-order valence-electron chi connectivity index (χ4n) is 4.11. The number of nitrogens with zero attached hydrogens (tertiary/aromatic N) is 3. The standard InChI is InChI=1S/C21H30N4O3/c1-20(2,13-25-12-8-11-15(25)19(22)27)17(26)16-18(28-24-23-16)21(3,4)14-9-6-5-7-10-14/h5-7,9-10,15,17,26H,8,11-13H2,1-4H3,(H2,22,27)/t15-,17?/m0/s1. The van der Waals surface area contributed by atoms with Crippen molar-refractivity contribution in [3.8, 4) is 0 Å². The number of hydrogen-bond acceptors (Lipinski definition) is 6. The second-order valence-electron chi connectivity index (χ2n) is 8.90. The Bertz CT molecular complexity index is 816. The first-order chi connectivity index (χ1) is 13.1. The fourth-order valence-corrected chi connectivity index (χ4v) is 4.11. The molecule has 0 saturated carbocycles. The normalized spacial score (nSPS) is 19.7. The molecule has 1 aliphatic heterocycles. The molecule has 2 heterocycles. The zero-order valence-electron chi connectivity index (χ0n) is 17.1. The van der Waals surface area contributed by atoms with Crippen molar-refractivity contribution in [2.24, 2.45) is 11.1 Å². The Morgan fingerprint density at radius 1 is 1.32 bits per heavy atom. The predicted molar refractivity (Wildman–Crippen MR) is 105 cm³/mol. The van der Waals surface area contributed by atoms with Gasteiger partial charge in [-0.25, -0.2) is 0 Å². The first-order valence-corrected chi connectivity index (χ1v) is 9.74. The van der Waals surface area contributed by atoms with Crippen LogP contribution in [0.3, 0.4) is 0 Å². The Labute approximate surface area is 165 Å². The molecule has 3 N–H and O–H groups in total. The molecule has 0 aliphatic carbocycles. The Hall–Kier alpha value is -2.25. The topological polar surface area (TPSA) is 105 Å². The highest BCUT2D eigenvalue weighted by molar-refractivity contribution is 5.80. The van der Waals surface area contributed by atoms with Crippen LogP contribution in [-0.4, -0.2) is 45.4 Å². The van der Waals surface area contributed by atoms with Gasteiger partial charge in [-0.05, 0) is 38.8 Å². The molecule has 0 bridgehead atoms. The molecule has 7 nitrogen and oxygen atoms in total. The van der Waals surface area contributed by atoms with Gasteiger partial charge in [-0.2, -0.15) is 0 Å². The molecule has 152 valence electrons. The number of aromatic nitrogens is 2. The van der Waals surface area contributed by atoms with Crippen LogP contribution in [0.1, 0.15) is 63.7 Å². The summed E-state index contributed by atoms with van der Waals surface area (Å²) in [5, 5.41) is 19.1. The van der Waals surface area contributed by atoms with E-state index < -0.39 is 16.9 Å². The van der Waals surface area contributed by atoms with Gasteiger partial charge >= 0.3 is 0 Å². The molecule has 1 saturated heterocycles. The van der Waals surface area contributed by atoms with Crippen LogP contribution in [0.5, 0.6) is 0 Å². The van der Waals surface area contributed by atoms with E-state index in [2.05, 4.69) is 15.3 Å². The van der Waals surface area contributed by atoms with E-state index in [1.807, 2.05) is 58.0 Å². The number of hydrogen-bond donors (Lipinski definition) is 2. The summed E-state index contributed by atoms with van der Waals surface area (Å²) in [6.45, 7) is 9.29. The van der Waals surface area contributed by atoms with Crippen molar-refractivity contribution in [2.75, 3.05) is 13.1 Å². The Balaban J connectivity index is 1.86. The lowest BCUT2D eigenvalue weighted by atomic mass is 9.77. The van der Waals surface area contributed by atoms with E-state index >= 15 is 0 Å². The summed E-state index contributed by atoms with van der Waals surface area (Å²) in [6.07, 6.45) is 0.794. The number of carbonyl (C=O) groups is 1. The van der Waals surface area contributed by atoms with E-state index in [9.17, 15) is 9.90 Å². The number of amides is 1. The van der Waals surface area contributed by atoms with E-state index in [1.54, 1.807) is 0 Å². The molecule has 3 rings (SSSR count). The number of benzene rings is 1. The molecule has 2 aromatic rings. The summed E-state index contributed by atoms with van der Waals surface area (Å²) < 4.78 is 5.52. The molecule has 1 amide bonds. The largest absolute Gasteiger partial charge is 0.386 e. The van der Waals surface area contributed by atoms with Gasteiger partial charge in [-0.3, -0.25) is 9.69 Å². The summed E-state index contributed by atoms with van der Waals surface area (Å²) in [5.74, 6) is 0.240. The van der Waals surface area contributed by atoms with Crippen molar-refractivity contribution in [1.82, 2.24) is 15.3 Å². The number of primary amides is 1. The van der Waals surface area contributed by atoms with Gasteiger partial charge in [0, 0.05) is 17.2 Å². The molecule has 28 heavy (non-hydrogen) atoms. The van der Waals surface area contributed by atoms with Gasteiger partial charge in [0.2, 0.25) is 5.91 Å². The summed E-state index contributed by atoms with van der Waals surface area (Å²) in [7, 11) is 0. The maximum Gasteiger partial charge on any atom is 0.234 e. The van der Waals surface area contributed by atoms with Crippen LogP contribution < -0.4 is 5.73 Å². The molecule has 1 aromatic carbocycles. The number of aliphatic hydroxyl groups is 1. The van der Waals surface area contributed by atoms with E-state index in [4.69, 9.17) is 10.3 Å². The maximum atomic E-state index is 11.7. The molecule has 0 spiro atoms. The molecular weight excluding hydrogens is 356 g/mol. The SMILES string of the molecule is CC(C)(c1ccccc1)c1onnc1C(O)C(C)(C)CN1CCC[C@H]1C(N)=O. The molecular formula is C21H30N4O3. The van der Waals surface area contributed by atoms with Crippen LogP contribution in [-0.2, 0) is 10.2 Å². The molecule has 7 heteroatoms. The monoisotopic (exact) mass is 386 g/mol. The molecule has 1 aromatic heterocycles.